The van der Waals surface area contributed by atoms with Crippen LogP contribution in [0.15, 0.2) is 47.7 Å². The number of aliphatic imine (C=N–C) groups is 1. The molecular weight excluding hydrogens is 467 g/mol. The lowest BCUT2D eigenvalue weighted by molar-refractivity contribution is 0.0954. The fourth-order valence-corrected chi connectivity index (χ4v) is 2.42. The molecule has 0 aliphatic heterocycles. The molecule has 0 radical (unpaired) electrons. The van der Waals surface area contributed by atoms with Gasteiger partial charge in [0.2, 0.25) is 0 Å². The molecule has 1 aromatic heterocycles. The summed E-state index contributed by atoms with van der Waals surface area (Å²) in [5, 5.41) is 13.8. The number of nitrogens with one attached hydrogen (secondary N) is 3. The summed E-state index contributed by atoms with van der Waals surface area (Å²) in [6.45, 7) is 2.67. The molecule has 1 aromatic carbocycles. The molecule has 1 heterocycles. The Hall–Kier alpha value is -1.81. The van der Waals surface area contributed by atoms with Gasteiger partial charge in [0.1, 0.15) is 0 Å². The van der Waals surface area contributed by atoms with Crippen LogP contribution >= 0.6 is 35.6 Å². The van der Waals surface area contributed by atoms with E-state index in [2.05, 4.69) is 26.0 Å². The van der Waals surface area contributed by atoms with Gasteiger partial charge in [-0.3, -0.25) is 14.5 Å². The first-order chi connectivity index (χ1) is 12.2. The normalized spacial score (nSPS) is 10.8. The van der Waals surface area contributed by atoms with E-state index in [0.29, 0.717) is 29.6 Å². The molecule has 0 saturated heterocycles. The van der Waals surface area contributed by atoms with Gasteiger partial charge in [0.25, 0.3) is 5.91 Å². The molecule has 0 aliphatic rings. The van der Waals surface area contributed by atoms with Gasteiger partial charge in [-0.1, -0.05) is 23.7 Å². The van der Waals surface area contributed by atoms with Crippen LogP contribution in [-0.2, 0) is 6.54 Å². The number of aryl methyl sites for hydroxylation is 1. The maximum atomic E-state index is 12.0. The average Bonchev–Trinajstić information content (AvgIpc) is 3.14. The monoisotopic (exact) mass is 490 g/mol. The van der Waals surface area contributed by atoms with Crippen molar-refractivity contribution >= 4 is 47.4 Å². The summed E-state index contributed by atoms with van der Waals surface area (Å²) < 4.78 is 1.89. The van der Waals surface area contributed by atoms with Crippen LogP contribution in [0, 0.1) is 0 Å². The summed E-state index contributed by atoms with van der Waals surface area (Å²) in [6, 6.07) is 8.89. The molecule has 1 amide bonds. The van der Waals surface area contributed by atoms with E-state index in [1.54, 1.807) is 37.5 Å². The van der Waals surface area contributed by atoms with Crippen molar-refractivity contribution in [1.82, 2.24) is 25.7 Å². The lowest BCUT2D eigenvalue weighted by atomic mass is 10.2. The first-order valence-electron chi connectivity index (χ1n) is 8.15. The highest BCUT2D eigenvalue weighted by Gasteiger charge is 2.08. The number of halogens is 2. The minimum Gasteiger partial charge on any atom is -0.356 e. The van der Waals surface area contributed by atoms with Crippen molar-refractivity contribution in [3.05, 3.63) is 53.3 Å². The first-order valence-corrected chi connectivity index (χ1v) is 8.53. The molecule has 2 aromatic rings. The number of carbonyl (C=O) groups excluding carboxylic acids is 1. The number of hydrogen-bond acceptors (Lipinski definition) is 3. The number of nitrogens with zero attached hydrogens (tertiary/aromatic N) is 3. The summed E-state index contributed by atoms with van der Waals surface area (Å²) in [6.07, 6.45) is 4.64. The summed E-state index contributed by atoms with van der Waals surface area (Å²) in [7, 11) is 1.71. The van der Waals surface area contributed by atoms with Crippen LogP contribution in [0.1, 0.15) is 16.8 Å². The van der Waals surface area contributed by atoms with Gasteiger partial charge < -0.3 is 16.0 Å². The van der Waals surface area contributed by atoms with Gasteiger partial charge >= 0.3 is 0 Å². The topological polar surface area (TPSA) is 83.3 Å². The van der Waals surface area contributed by atoms with Crippen molar-refractivity contribution in [2.24, 2.45) is 4.99 Å². The third kappa shape index (κ3) is 7.61. The zero-order chi connectivity index (χ0) is 17.9. The van der Waals surface area contributed by atoms with E-state index < -0.39 is 0 Å². The highest BCUT2D eigenvalue weighted by molar-refractivity contribution is 14.0. The molecular formula is C17H24ClIN6O. The third-order valence-electron chi connectivity index (χ3n) is 3.46. The molecule has 9 heteroatoms. The summed E-state index contributed by atoms with van der Waals surface area (Å²) >= 11 is 6.00. The second-order valence-corrected chi connectivity index (χ2v) is 5.69. The molecule has 2 rings (SSSR count). The largest absolute Gasteiger partial charge is 0.356 e. The van der Waals surface area contributed by atoms with E-state index >= 15 is 0 Å². The highest BCUT2D eigenvalue weighted by Crippen LogP contribution is 2.14. The molecule has 26 heavy (non-hydrogen) atoms. The molecule has 0 aliphatic carbocycles. The lowest BCUT2D eigenvalue weighted by Gasteiger charge is -2.12. The van der Waals surface area contributed by atoms with Crippen LogP contribution in [0.4, 0.5) is 0 Å². The molecule has 0 spiro atoms. The molecule has 0 saturated carbocycles. The molecule has 7 nitrogen and oxygen atoms in total. The first kappa shape index (κ1) is 22.2. The van der Waals surface area contributed by atoms with E-state index in [1.165, 1.54) is 0 Å². The maximum Gasteiger partial charge on any atom is 0.252 e. The van der Waals surface area contributed by atoms with Crippen LogP contribution in [0.25, 0.3) is 0 Å². The minimum atomic E-state index is -0.186. The van der Waals surface area contributed by atoms with E-state index in [-0.39, 0.29) is 29.9 Å². The van der Waals surface area contributed by atoms with Gasteiger partial charge in [-0.05, 0) is 24.6 Å². The Morgan fingerprint density at radius 2 is 1.88 bits per heavy atom. The molecule has 0 atom stereocenters. The van der Waals surface area contributed by atoms with Crippen molar-refractivity contribution in [2.45, 2.75) is 13.0 Å². The van der Waals surface area contributed by atoms with Crippen molar-refractivity contribution in [1.29, 1.82) is 0 Å². The number of carbonyl (C=O) groups is 1. The molecule has 0 bridgehead atoms. The predicted molar refractivity (Wildman–Crippen MR) is 115 cm³/mol. The summed E-state index contributed by atoms with van der Waals surface area (Å²) in [5.41, 5.74) is 0.477. The molecule has 3 N–H and O–H groups in total. The minimum absolute atomic E-state index is 0. The van der Waals surface area contributed by atoms with E-state index in [1.807, 2.05) is 16.9 Å². The van der Waals surface area contributed by atoms with Crippen LogP contribution in [-0.4, -0.2) is 48.3 Å². The Bertz CT molecular complexity index is 692. The third-order valence-corrected chi connectivity index (χ3v) is 3.79. The zero-order valence-corrected chi connectivity index (χ0v) is 17.7. The Balaban J connectivity index is 0.00000338. The van der Waals surface area contributed by atoms with Crippen molar-refractivity contribution < 1.29 is 4.79 Å². The Labute approximate surface area is 175 Å². The van der Waals surface area contributed by atoms with Crippen LogP contribution in [0.3, 0.4) is 0 Å². The van der Waals surface area contributed by atoms with Crippen LogP contribution < -0.4 is 16.0 Å². The standard InChI is InChI=1S/C17H23ClN6O.HI/c1-19-17(21-8-4-12-24-13-5-9-23-24)22-11-10-20-16(25)14-6-2-3-7-15(14)18;/h2-3,5-7,9,13H,4,8,10-12H2,1H3,(H,20,25)(H2,19,21,22);1H. The number of aromatic nitrogens is 2. The van der Waals surface area contributed by atoms with E-state index in [9.17, 15) is 4.79 Å². The number of guanidine groups is 1. The predicted octanol–water partition coefficient (Wildman–Crippen LogP) is 2.14. The smallest absolute Gasteiger partial charge is 0.252 e. The highest BCUT2D eigenvalue weighted by atomic mass is 127. The number of benzene rings is 1. The number of rotatable bonds is 8. The van der Waals surface area contributed by atoms with Crippen molar-refractivity contribution in [3.8, 4) is 0 Å². The van der Waals surface area contributed by atoms with Gasteiger partial charge in [0, 0.05) is 45.6 Å². The van der Waals surface area contributed by atoms with Crippen LogP contribution in [0.2, 0.25) is 5.02 Å². The fraction of sp³-hybridized carbons (Fsp3) is 0.353. The summed E-state index contributed by atoms with van der Waals surface area (Å²) in [5.74, 6) is 0.516. The van der Waals surface area contributed by atoms with Gasteiger partial charge in [-0.15, -0.1) is 24.0 Å². The Kier molecular flexibility index (Phi) is 10.7. The zero-order valence-electron chi connectivity index (χ0n) is 14.6. The van der Waals surface area contributed by atoms with Crippen molar-refractivity contribution in [2.75, 3.05) is 26.7 Å². The number of amides is 1. The lowest BCUT2D eigenvalue weighted by Crippen LogP contribution is -2.42. The van der Waals surface area contributed by atoms with Gasteiger partial charge in [-0.25, -0.2) is 0 Å². The van der Waals surface area contributed by atoms with Gasteiger partial charge in [-0.2, -0.15) is 5.10 Å². The van der Waals surface area contributed by atoms with Gasteiger partial charge in [0.05, 0.1) is 10.6 Å². The summed E-state index contributed by atoms with van der Waals surface area (Å²) in [4.78, 5) is 16.2. The average molecular weight is 491 g/mol. The van der Waals surface area contributed by atoms with E-state index in [4.69, 9.17) is 11.6 Å². The molecule has 0 fully saturated rings. The number of hydrogen-bond donors (Lipinski definition) is 3. The van der Waals surface area contributed by atoms with E-state index in [0.717, 1.165) is 19.5 Å². The fourth-order valence-electron chi connectivity index (χ4n) is 2.20. The van der Waals surface area contributed by atoms with Crippen molar-refractivity contribution in [3.63, 3.8) is 0 Å². The molecule has 142 valence electrons. The maximum absolute atomic E-state index is 12.0. The molecule has 0 unspecified atom stereocenters. The second kappa shape index (κ2) is 12.5. The van der Waals surface area contributed by atoms with Gasteiger partial charge in [0.15, 0.2) is 5.96 Å². The van der Waals surface area contributed by atoms with Crippen LogP contribution in [0.5, 0.6) is 0 Å². The Morgan fingerprint density at radius 1 is 1.15 bits per heavy atom. The Morgan fingerprint density at radius 3 is 2.58 bits per heavy atom. The quantitative estimate of drug-likeness (QED) is 0.229. The second-order valence-electron chi connectivity index (χ2n) is 5.28. The SMILES string of the molecule is CN=C(NCCCn1cccn1)NCCNC(=O)c1ccccc1Cl.I.